The van der Waals surface area contributed by atoms with E-state index in [2.05, 4.69) is 13.2 Å². The van der Waals surface area contributed by atoms with Gasteiger partial charge in [-0.15, -0.1) is 0 Å². The summed E-state index contributed by atoms with van der Waals surface area (Å²) in [6.45, 7) is 7.18. The lowest BCUT2D eigenvalue weighted by Gasteiger charge is -2.04. The molecule has 1 aromatic rings. The minimum absolute atomic E-state index is 0.163. The summed E-state index contributed by atoms with van der Waals surface area (Å²) < 4.78 is 1.79. The Morgan fingerprint density at radius 3 is 2.36 bits per heavy atom. The van der Waals surface area contributed by atoms with Crippen molar-refractivity contribution in [2.24, 2.45) is 0 Å². The molecule has 0 aliphatic rings. The Kier molecular flexibility index (Phi) is 3.56. The van der Waals surface area contributed by atoms with Crippen molar-refractivity contribution >= 4 is 5.70 Å². The highest BCUT2D eigenvalue weighted by Gasteiger charge is 1.99. The minimum Gasteiger partial charge on any atom is -0.506 e. The van der Waals surface area contributed by atoms with Crippen molar-refractivity contribution in [3.05, 3.63) is 67.7 Å². The fourth-order valence-electron chi connectivity index (χ4n) is 1.08. The van der Waals surface area contributed by atoms with Gasteiger partial charge in [0, 0.05) is 12.4 Å². The van der Waals surface area contributed by atoms with Crippen LogP contribution in [0.4, 0.5) is 0 Å². The molecule has 72 valence electrons. The molecule has 1 rings (SSSR count). The molecule has 0 fully saturated rings. The van der Waals surface area contributed by atoms with Gasteiger partial charge < -0.3 is 9.67 Å². The Balaban J connectivity index is 3.06. The zero-order valence-electron chi connectivity index (χ0n) is 7.93. The second kappa shape index (κ2) is 4.92. The van der Waals surface area contributed by atoms with E-state index in [1.54, 1.807) is 28.9 Å². The van der Waals surface area contributed by atoms with E-state index < -0.39 is 0 Å². The second-order valence-electron chi connectivity index (χ2n) is 2.66. The van der Waals surface area contributed by atoms with E-state index in [4.69, 9.17) is 0 Å². The smallest absolute Gasteiger partial charge is 0.139 e. The third-order valence-electron chi connectivity index (χ3n) is 1.73. The van der Waals surface area contributed by atoms with Gasteiger partial charge in [0.1, 0.15) is 5.76 Å². The number of aliphatic hydroxyl groups is 1. The molecule has 0 aliphatic carbocycles. The third kappa shape index (κ3) is 2.26. The molecule has 0 unspecified atom stereocenters. The molecular weight excluding hydrogens is 174 g/mol. The first-order chi connectivity index (χ1) is 6.79. The molecule has 14 heavy (non-hydrogen) atoms. The Morgan fingerprint density at radius 2 is 1.86 bits per heavy atom. The van der Waals surface area contributed by atoms with Crippen LogP contribution in [0.15, 0.2) is 67.7 Å². The van der Waals surface area contributed by atoms with E-state index in [9.17, 15) is 5.11 Å². The number of aliphatic hydroxyl groups excluding tert-OH is 1. The standard InChI is InChI=1S/C12H13NO/c1-3-5-8-12(14)11(4-2)13-9-6-7-10-13/h3-10,14H,1-2H2/b8-5-,12-11-. The quantitative estimate of drug-likeness (QED) is 0.568. The van der Waals surface area contributed by atoms with Crippen LogP contribution in [0.5, 0.6) is 0 Å². The molecule has 0 aliphatic heterocycles. The predicted octanol–water partition coefficient (Wildman–Crippen LogP) is 3.14. The van der Waals surface area contributed by atoms with Crippen LogP contribution in [0.2, 0.25) is 0 Å². The van der Waals surface area contributed by atoms with E-state index >= 15 is 0 Å². The highest BCUT2D eigenvalue weighted by molar-refractivity contribution is 5.61. The minimum atomic E-state index is 0.163. The lowest BCUT2D eigenvalue weighted by atomic mass is 10.3. The predicted molar refractivity (Wildman–Crippen MR) is 59.8 cm³/mol. The summed E-state index contributed by atoms with van der Waals surface area (Å²) in [6, 6.07) is 3.77. The van der Waals surface area contributed by atoms with Crippen LogP contribution in [0.3, 0.4) is 0 Å². The number of hydrogen-bond acceptors (Lipinski definition) is 1. The molecule has 0 aromatic carbocycles. The average Bonchev–Trinajstić information content (AvgIpc) is 2.69. The first-order valence-corrected chi connectivity index (χ1v) is 4.27. The molecule has 2 heteroatoms. The lowest BCUT2D eigenvalue weighted by Crippen LogP contribution is -1.93. The first-order valence-electron chi connectivity index (χ1n) is 4.27. The molecular formula is C12H13NO. The number of hydrogen-bond donors (Lipinski definition) is 1. The van der Waals surface area contributed by atoms with Gasteiger partial charge in [-0.2, -0.15) is 0 Å². The van der Waals surface area contributed by atoms with Gasteiger partial charge in [-0.3, -0.25) is 0 Å². The van der Waals surface area contributed by atoms with Crippen molar-refractivity contribution in [2.45, 2.75) is 0 Å². The van der Waals surface area contributed by atoms with Gasteiger partial charge in [-0.1, -0.05) is 25.3 Å². The van der Waals surface area contributed by atoms with E-state index in [1.807, 2.05) is 24.5 Å². The number of allylic oxidation sites excluding steroid dienone is 5. The van der Waals surface area contributed by atoms with Crippen LogP contribution in [-0.4, -0.2) is 9.67 Å². The van der Waals surface area contributed by atoms with Crippen molar-refractivity contribution in [1.82, 2.24) is 4.57 Å². The van der Waals surface area contributed by atoms with Crippen LogP contribution in [0.25, 0.3) is 5.70 Å². The zero-order valence-corrected chi connectivity index (χ0v) is 7.93. The topological polar surface area (TPSA) is 25.2 Å². The maximum absolute atomic E-state index is 9.66. The van der Waals surface area contributed by atoms with Crippen molar-refractivity contribution in [3.8, 4) is 0 Å². The summed E-state index contributed by atoms with van der Waals surface area (Å²) in [5.41, 5.74) is 0.646. The molecule has 0 amide bonds. The molecule has 0 radical (unpaired) electrons. The highest BCUT2D eigenvalue weighted by atomic mass is 16.3. The van der Waals surface area contributed by atoms with E-state index in [-0.39, 0.29) is 5.76 Å². The Bertz CT molecular complexity index is 369. The van der Waals surface area contributed by atoms with Crippen LogP contribution < -0.4 is 0 Å². The van der Waals surface area contributed by atoms with Crippen LogP contribution in [0, 0.1) is 0 Å². The van der Waals surface area contributed by atoms with Gasteiger partial charge in [-0.25, -0.2) is 0 Å². The Morgan fingerprint density at radius 1 is 1.21 bits per heavy atom. The van der Waals surface area contributed by atoms with Crippen molar-refractivity contribution in [1.29, 1.82) is 0 Å². The summed E-state index contributed by atoms with van der Waals surface area (Å²) in [5, 5.41) is 9.66. The molecule has 0 bridgehead atoms. The first kappa shape index (κ1) is 10.1. The summed E-state index contributed by atoms with van der Waals surface area (Å²) in [4.78, 5) is 0. The monoisotopic (exact) mass is 187 g/mol. The highest BCUT2D eigenvalue weighted by Crippen LogP contribution is 2.11. The van der Waals surface area contributed by atoms with Crippen LogP contribution in [0.1, 0.15) is 0 Å². The van der Waals surface area contributed by atoms with Gasteiger partial charge >= 0.3 is 0 Å². The maximum Gasteiger partial charge on any atom is 0.139 e. The summed E-state index contributed by atoms with van der Waals surface area (Å²) in [5.74, 6) is 0.163. The summed E-state index contributed by atoms with van der Waals surface area (Å²) in [6.07, 6.45) is 10.1. The summed E-state index contributed by atoms with van der Waals surface area (Å²) in [7, 11) is 0. The zero-order chi connectivity index (χ0) is 10.4. The second-order valence-corrected chi connectivity index (χ2v) is 2.66. The van der Waals surface area contributed by atoms with Crippen molar-refractivity contribution < 1.29 is 5.11 Å². The number of rotatable bonds is 4. The number of aromatic nitrogens is 1. The van der Waals surface area contributed by atoms with E-state index in [0.717, 1.165) is 0 Å². The van der Waals surface area contributed by atoms with Crippen LogP contribution >= 0.6 is 0 Å². The fourth-order valence-corrected chi connectivity index (χ4v) is 1.08. The van der Waals surface area contributed by atoms with E-state index in [0.29, 0.717) is 5.70 Å². The Hall–Kier alpha value is -1.96. The maximum atomic E-state index is 9.66. The lowest BCUT2D eigenvalue weighted by molar-refractivity contribution is 0.433. The Labute approximate surface area is 83.8 Å². The molecule has 1 aromatic heterocycles. The van der Waals surface area contributed by atoms with Crippen LogP contribution in [-0.2, 0) is 0 Å². The van der Waals surface area contributed by atoms with Gasteiger partial charge in [0.25, 0.3) is 0 Å². The molecule has 0 atom stereocenters. The largest absolute Gasteiger partial charge is 0.506 e. The molecule has 0 saturated heterocycles. The number of nitrogens with zero attached hydrogens (tertiary/aromatic N) is 1. The summed E-state index contributed by atoms with van der Waals surface area (Å²) >= 11 is 0. The SMILES string of the molecule is C=C/C=C\C(O)=C(/C=C)n1cccc1. The third-order valence-corrected chi connectivity index (χ3v) is 1.73. The van der Waals surface area contributed by atoms with Gasteiger partial charge in [0.2, 0.25) is 0 Å². The molecule has 1 N–H and O–H groups in total. The average molecular weight is 187 g/mol. The molecule has 1 heterocycles. The molecule has 0 spiro atoms. The van der Waals surface area contributed by atoms with Gasteiger partial charge in [-0.05, 0) is 24.3 Å². The van der Waals surface area contributed by atoms with Gasteiger partial charge in [0.05, 0.1) is 5.70 Å². The van der Waals surface area contributed by atoms with Crippen molar-refractivity contribution in [2.75, 3.05) is 0 Å². The van der Waals surface area contributed by atoms with Crippen molar-refractivity contribution in [3.63, 3.8) is 0 Å². The fraction of sp³-hybridized carbons (Fsp3) is 0. The van der Waals surface area contributed by atoms with E-state index in [1.165, 1.54) is 0 Å². The normalized spacial score (nSPS) is 12.6. The molecule has 2 nitrogen and oxygen atoms in total. The van der Waals surface area contributed by atoms with Gasteiger partial charge in [0.15, 0.2) is 0 Å². The molecule has 0 saturated carbocycles.